The van der Waals surface area contributed by atoms with Gasteiger partial charge < -0.3 is 9.47 Å². The maximum absolute atomic E-state index is 4.41. The minimum absolute atomic E-state index is 0.0399. The van der Waals surface area contributed by atoms with Gasteiger partial charge in [0.25, 0.3) is 0 Å². The van der Waals surface area contributed by atoms with E-state index in [1.54, 1.807) is 0 Å². The molecule has 0 spiro atoms. The Bertz CT molecular complexity index is 2640. The van der Waals surface area contributed by atoms with Gasteiger partial charge >= 0.3 is 0 Å². The van der Waals surface area contributed by atoms with Gasteiger partial charge in [-0.1, -0.05) is 124 Å². The second-order valence-electron chi connectivity index (χ2n) is 14.7. The maximum atomic E-state index is 4.41. The number of rotatable bonds is 7. The molecule has 2 aromatic heterocycles. The van der Waals surface area contributed by atoms with E-state index in [1.807, 2.05) is 12.4 Å². The van der Waals surface area contributed by atoms with Crippen LogP contribution in [0.1, 0.15) is 45.2 Å². The highest BCUT2D eigenvalue weighted by Gasteiger charge is 2.37. The molecule has 0 radical (unpaired) electrons. The molecule has 0 unspecified atom stereocenters. The Kier molecular flexibility index (Phi) is 8.35. The molecule has 0 saturated carbocycles. The number of hydrogen-bond acceptors (Lipinski definition) is 2. The van der Waals surface area contributed by atoms with Gasteiger partial charge in [0, 0.05) is 51.3 Å². The van der Waals surface area contributed by atoms with E-state index in [4.69, 9.17) is 0 Å². The summed E-state index contributed by atoms with van der Waals surface area (Å²) in [5.74, 6) is 0. The van der Waals surface area contributed by atoms with Crippen LogP contribution in [-0.2, 0) is 5.41 Å². The average molecular weight is 698 g/mol. The van der Waals surface area contributed by atoms with Crippen molar-refractivity contribution in [1.29, 1.82) is 0 Å². The molecule has 3 nitrogen and oxygen atoms in total. The molecular weight excluding hydrogens is 655 g/mol. The van der Waals surface area contributed by atoms with Crippen LogP contribution in [0.15, 0.2) is 182 Å². The number of aromatic nitrogens is 2. The van der Waals surface area contributed by atoms with E-state index in [0.717, 1.165) is 34.7 Å². The number of hydrogen-bond donors (Lipinski definition) is 0. The molecule has 9 rings (SSSR count). The largest absolute Gasteiger partial charge is 0.310 e. The van der Waals surface area contributed by atoms with Crippen LogP contribution in [-0.4, -0.2) is 9.55 Å². The maximum Gasteiger partial charge on any atom is 0.0571 e. The summed E-state index contributed by atoms with van der Waals surface area (Å²) in [5.41, 5.74) is 17.1. The van der Waals surface area contributed by atoms with Crippen molar-refractivity contribution in [3.63, 3.8) is 0 Å². The summed E-state index contributed by atoms with van der Waals surface area (Å²) in [5, 5.41) is 2.38. The summed E-state index contributed by atoms with van der Waals surface area (Å²) in [6.07, 6.45) is 9.53. The number of allylic oxidation sites excluding steroid dienone is 4. The lowest BCUT2D eigenvalue weighted by Crippen LogP contribution is -2.15. The molecule has 2 heterocycles. The van der Waals surface area contributed by atoms with Crippen LogP contribution in [0.2, 0.25) is 0 Å². The normalized spacial score (nSPS) is 15.0. The van der Waals surface area contributed by atoms with Crippen LogP contribution in [0, 0.1) is 0 Å². The molecule has 8 aromatic rings. The lowest BCUT2D eigenvalue weighted by atomic mass is 9.82. The molecule has 6 aromatic carbocycles. The minimum Gasteiger partial charge on any atom is -0.310 e. The first-order chi connectivity index (χ1) is 26.5. The lowest BCUT2D eigenvalue weighted by Gasteiger charge is -2.27. The molecule has 0 atom stereocenters. The van der Waals surface area contributed by atoms with Crippen LogP contribution in [0.3, 0.4) is 0 Å². The third-order valence-electron chi connectivity index (χ3n) is 11.2. The third-order valence-corrected chi connectivity index (χ3v) is 11.2. The topological polar surface area (TPSA) is 21.1 Å². The van der Waals surface area contributed by atoms with E-state index in [1.165, 1.54) is 60.8 Å². The standard InChI is InChI=1S/C51H43N3/c1-5-12-43-45-33-42(29-30-48(45)51(3,4)47(43)6-2)53(39-23-17-36(18-24-39)35-13-8-7-9-14-35)40-25-19-37(20-26-40)38-21-27-41(28-22-38)54-49-16-11-10-15-44(49)46-34-52-32-31-50(46)54/h6-34H,5H2,1-4H3/b43-12-,47-6?. The summed E-state index contributed by atoms with van der Waals surface area (Å²) < 4.78 is 2.33. The fourth-order valence-corrected chi connectivity index (χ4v) is 8.59. The predicted molar refractivity (Wildman–Crippen MR) is 229 cm³/mol. The fraction of sp³-hybridized carbons (Fsp3) is 0.118. The quantitative estimate of drug-likeness (QED) is 0.165. The molecule has 3 heteroatoms. The average Bonchev–Trinajstić information content (AvgIpc) is 3.66. The molecule has 1 aliphatic carbocycles. The van der Waals surface area contributed by atoms with Crippen molar-refractivity contribution in [3.8, 4) is 27.9 Å². The lowest BCUT2D eigenvalue weighted by molar-refractivity contribution is 0.659. The Morgan fingerprint density at radius 2 is 1.19 bits per heavy atom. The molecule has 0 bridgehead atoms. The summed E-state index contributed by atoms with van der Waals surface area (Å²) in [7, 11) is 0. The molecule has 0 N–H and O–H groups in total. The zero-order chi connectivity index (χ0) is 36.8. The first-order valence-electron chi connectivity index (χ1n) is 19.0. The number of nitrogens with zero attached hydrogens (tertiary/aromatic N) is 3. The van der Waals surface area contributed by atoms with Crippen LogP contribution < -0.4 is 4.90 Å². The number of para-hydroxylation sites is 1. The van der Waals surface area contributed by atoms with Gasteiger partial charge in [-0.3, -0.25) is 4.98 Å². The minimum atomic E-state index is -0.0399. The second-order valence-corrected chi connectivity index (χ2v) is 14.7. The summed E-state index contributed by atoms with van der Waals surface area (Å²) in [6, 6.07) is 55.2. The van der Waals surface area contributed by atoms with Gasteiger partial charge in [-0.05, 0) is 119 Å². The molecule has 0 fully saturated rings. The SMILES string of the molecule is CC=C1/C(=C\CC)c2cc(N(c3ccc(-c4ccccc4)cc3)c3ccc(-c4ccc(-n5c6ccccc6c6cnccc65)cc4)cc3)ccc2C1(C)C. The molecule has 0 aliphatic heterocycles. The Morgan fingerprint density at radius 1 is 0.611 bits per heavy atom. The first kappa shape index (κ1) is 33.4. The van der Waals surface area contributed by atoms with Gasteiger partial charge in [0.05, 0.1) is 11.0 Å². The predicted octanol–water partition coefficient (Wildman–Crippen LogP) is 14.0. The van der Waals surface area contributed by atoms with Crippen molar-refractivity contribution in [2.45, 2.75) is 39.5 Å². The Balaban J connectivity index is 1.10. The van der Waals surface area contributed by atoms with Crippen LogP contribution >= 0.6 is 0 Å². The van der Waals surface area contributed by atoms with E-state index >= 15 is 0 Å². The third kappa shape index (κ3) is 5.56. The van der Waals surface area contributed by atoms with Gasteiger partial charge in [-0.25, -0.2) is 0 Å². The monoisotopic (exact) mass is 697 g/mol. The smallest absolute Gasteiger partial charge is 0.0571 e. The van der Waals surface area contributed by atoms with Gasteiger partial charge in [-0.2, -0.15) is 0 Å². The summed E-state index contributed by atoms with van der Waals surface area (Å²) in [4.78, 5) is 6.81. The first-order valence-corrected chi connectivity index (χ1v) is 19.0. The highest BCUT2D eigenvalue weighted by Crippen LogP contribution is 2.51. The van der Waals surface area contributed by atoms with Crippen LogP contribution in [0.5, 0.6) is 0 Å². The molecule has 0 saturated heterocycles. The van der Waals surface area contributed by atoms with E-state index < -0.39 is 0 Å². The van der Waals surface area contributed by atoms with E-state index in [-0.39, 0.29) is 5.41 Å². The van der Waals surface area contributed by atoms with E-state index in [9.17, 15) is 0 Å². The number of benzene rings is 6. The van der Waals surface area contributed by atoms with Crippen molar-refractivity contribution >= 4 is 44.4 Å². The van der Waals surface area contributed by atoms with Gasteiger partial charge in [-0.15, -0.1) is 0 Å². The molecule has 262 valence electrons. The molecule has 1 aliphatic rings. The van der Waals surface area contributed by atoms with Crippen LogP contribution in [0.25, 0.3) is 55.3 Å². The van der Waals surface area contributed by atoms with Crippen molar-refractivity contribution in [3.05, 3.63) is 193 Å². The molecular formula is C51H43N3. The van der Waals surface area contributed by atoms with Gasteiger partial charge in [0.15, 0.2) is 0 Å². The summed E-state index contributed by atoms with van der Waals surface area (Å²) >= 11 is 0. The summed E-state index contributed by atoms with van der Waals surface area (Å²) in [6.45, 7) is 9.10. The Hall–Kier alpha value is -6.45. The van der Waals surface area contributed by atoms with Crippen molar-refractivity contribution in [2.75, 3.05) is 4.90 Å². The zero-order valence-corrected chi connectivity index (χ0v) is 31.3. The number of anilines is 3. The van der Waals surface area contributed by atoms with Crippen molar-refractivity contribution in [1.82, 2.24) is 9.55 Å². The van der Waals surface area contributed by atoms with Gasteiger partial charge in [0.2, 0.25) is 0 Å². The molecule has 54 heavy (non-hydrogen) atoms. The van der Waals surface area contributed by atoms with Crippen molar-refractivity contribution < 1.29 is 0 Å². The fourth-order valence-electron chi connectivity index (χ4n) is 8.59. The highest BCUT2D eigenvalue weighted by molar-refractivity contribution is 6.08. The number of fused-ring (bicyclic) bond motifs is 4. The van der Waals surface area contributed by atoms with Crippen LogP contribution in [0.4, 0.5) is 17.1 Å². The second kappa shape index (κ2) is 13.5. The molecule has 0 amide bonds. The number of pyridine rings is 1. The zero-order valence-electron chi connectivity index (χ0n) is 31.3. The van der Waals surface area contributed by atoms with Gasteiger partial charge in [0.1, 0.15) is 0 Å². The van der Waals surface area contributed by atoms with E-state index in [0.29, 0.717) is 0 Å². The highest BCUT2D eigenvalue weighted by atomic mass is 15.1. The Labute approximate surface area is 318 Å². The Morgan fingerprint density at radius 3 is 1.83 bits per heavy atom. The van der Waals surface area contributed by atoms with Crippen molar-refractivity contribution in [2.24, 2.45) is 0 Å². The van der Waals surface area contributed by atoms with E-state index in [2.05, 4.69) is 206 Å².